The molecule has 0 unspecified atom stereocenters. The third kappa shape index (κ3) is 5.37. The maximum atomic E-state index is 13.5. The van der Waals surface area contributed by atoms with Crippen molar-refractivity contribution in [2.75, 3.05) is 25.0 Å². The minimum absolute atomic E-state index is 0.234. The van der Waals surface area contributed by atoms with Crippen molar-refractivity contribution in [2.24, 2.45) is 5.92 Å². The van der Waals surface area contributed by atoms with E-state index < -0.39 is 23.4 Å². The Kier molecular flexibility index (Phi) is 6.18. The molecule has 2 amide bonds. The van der Waals surface area contributed by atoms with Crippen molar-refractivity contribution in [2.45, 2.75) is 19.4 Å². The maximum Gasteiger partial charge on any atom is 0.313 e. The molecule has 1 saturated heterocycles. The van der Waals surface area contributed by atoms with Gasteiger partial charge < -0.3 is 15.1 Å². The summed E-state index contributed by atoms with van der Waals surface area (Å²) in [5.74, 6) is -2.30. The summed E-state index contributed by atoms with van der Waals surface area (Å²) in [7, 11) is 0. The predicted molar refractivity (Wildman–Crippen MR) is 94.7 cm³/mol. The second-order valence-corrected chi connectivity index (χ2v) is 6.59. The van der Waals surface area contributed by atoms with E-state index in [2.05, 4.69) is 15.5 Å². The highest BCUT2D eigenvalue weighted by atomic mass is 19.1. The molecule has 27 heavy (non-hydrogen) atoms. The number of anilines is 1. The van der Waals surface area contributed by atoms with Crippen molar-refractivity contribution in [1.82, 2.24) is 10.2 Å². The van der Waals surface area contributed by atoms with E-state index in [1.54, 1.807) is 6.26 Å². The van der Waals surface area contributed by atoms with Crippen molar-refractivity contribution in [3.63, 3.8) is 0 Å². The van der Waals surface area contributed by atoms with Crippen LogP contribution in [0.1, 0.15) is 18.6 Å². The molecule has 6 nitrogen and oxygen atoms in total. The van der Waals surface area contributed by atoms with Gasteiger partial charge in [-0.1, -0.05) is 0 Å². The van der Waals surface area contributed by atoms with Crippen LogP contribution in [0.2, 0.25) is 0 Å². The van der Waals surface area contributed by atoms with Crippen LogP contribution in [0.5, 0.6) is 0 Å². The molecule has 2 aromatic rings. The van der Waals surface area contributed by atoms with E-state index in [1.807, 2.05) is 12.1 Å². The normalized spacial score (nSPS) is 15.5. The van der Waals surface area contributed by atoms with Gasteiger partial charge in [-0.2, -0.15) is 0 Å². The highest BCUT2D eigenvalue weighted by Crippen LogP contribution is 2.19. The van der Waals surface area contributed by atoms with Gasteiger partial charge in [-0.15, -0.1) is 0 Å². The number of nitrogens with one attached hydrogen (secondary N) is 2. The van der Waals surface area contributed by atoms with Gasteiger partial charge in [-0.25, -0.2) is 8.78 Å². The molecule has 1 aromatic carbocycles. The number of nitrogens with zero attached hydrogens (tertiary/aromatic N) is 1. The zero-order valence-corrected chi connectivity index (χ0v) is 14.7. The summed E-state index contributed by atoms with van der Waals surface area (Å²) in [5.41, 5.74) is -0.234. The minimum atomic E-state index is -0.976. The number of likely N-dealkylation sites (tertiary alicyclic amines) is 1. The molecule has 1 fully saturated rings. The fourth-order valence-electron chi connectivity index (χ4n) is 3.06. The van der Waals surface area contributed by atoms with Gasteiger partial charge >= 0.3 is 11.8 Å². The first-order chi connectivity index (χ1) is 13.0. The van der Waals surface area contributed by atoms with E-state index in [-0.39, 0.29) is 11.6 Å². The van der Waals surface area contributed by atoms with Crippen LogP contribution in [0.25, 0.3) is 0 Å². The Balaban J connectivity index is 1.39. The molecule has 0 bridgehead atoms. The van der Waals surface area contributed by atoms with Crippen LogP contribution in [-0.4, -0.2) is 36.3 Å². The van der Waals surface area contributed by atoms with Crippen molar-refractivity contribution < 1.29 is 22.8 Å². The van der Waals surface area contributed by atoms with E-state index in [9.17, 15) is 18.4 Å². The number of benzene rings is 1. The first-order valence-electron chi connectivity index (χ1n) is 8.80. The average Bonchev–Trinajstić information content (AvgIpc) is 3.16. The monoisotopic (exact) mass is 377 g/mol. The highest BCUT2D eigenvalue weighted by Gasteiger charge is 2.22. The molecular formula is C19H21F2N3O3. The molecule has 0 spiro atoms. The molecule has 1 aliphatic heterocycles. The Hall–Kier alpha value is -2.74. The highest BCUT2D eigenvalue weighted by molar-refractivity contribution is 6.39. The van der Waals surface area contributed by atoms with Crippen LogP contribution in [0.3, 0.4) is 0 Å². The second-order valence-electron chi connectivity index (χ2n) is 6.59. The Labute approximate surface area is 155 Å². The molecule has 0 radical (unpaired) electrons. The van der Waals surface area contributed by atoms with Crippen LogP contribution in [0.15, 0.2) is 41.0 Å². The fourth-order valence-corrected chi connectivity index (χ4v) is 3.06. The number of furan rings is 1. The first-order valence-corrected chi connectivity index (χ1v) is 8.80. The Morgan fingerprint density at radius 3 is 2.59 bits per heavy atom. The third-order valence-corrected chi connectivity index (χ3v) is 4.60. The van der Waals surface area contributed by atoms with Crippen molar-refractivity contribution in [1.29, 1.82) is 0 Å². The molecule has 8 heteroatoms. The number of hydrogen-bond acceptors (Lipinski definition) is 4. The summed E-state index contributed by atoms with van der Waals surface area (Å²) >= 11 is 0. The minimum Gasteiger partial charge on any atom is -0.468 e. The first kappa shape index (κ1) is 19.0. The lowest BCUT2D eigenvalue weighted by atomic mass is 9.96. The summed E-state index contributed by atoms with van der Waals surface area (Å²) < 4.78 is 31.7. The van der Waals surface area contributed by atoms with E-state index in [0.29, 0.717) is 12.6 Å². The fraction of sp³-hybridized carbons (Fsp3) is 0.368. The van der Waals surface area contributed by atoms with Gasteiger partial charge in [0.15, 0.2) is 0 Å². The van der Waals surface area contributed by atoms with E-state index in [0.717, 1.165) is 50.4 Å². The van der Waals surface area contributed by atoms with Crippen LogP contribution < -0.4 is 10.6 Å². The van der Waals surface area contributed by atoms with Gasteiger partial charge in [0.1, 0.15) is 17.4 Å². The maximum absolute atomic E-state index is 13.5. The molecule has 1 aromatic heterocycles. The molecular weight excluding hydrogens is 356 g/mol. The van der Waals surface area contributed by atoms with Crippen molar-refractivity contribution in [3.8, 4) is 0 Å². The quantitative estimate of drug-likeness (QED) is 0.786. The van der Waals surface area contributed by atoms with Crippen molar-refractivity contribution >= 4 is 17.5 Å². The van der Waals surface area contributed by atoms with Crippen molar-refractivity contribution in [3.05, 3.63) is 54.0 Å². The largest absolute Gasteiger partial charge is 0.468 e. The van der Waals surface area contributed by atoms with E-state index >= 15 is 0 Å². The number of piperidine rings is 1. The van der Waals surface area contributed by atoms with Crippen LogP contribution in [0, 0.1) is 17.6 Å². The summed E-state index contributed by atoms with van der Waals surface area (Å²) in [6, 6.07) is 6.52. The lowest BCUT2D eigenvalue weighted by Gasteiger charge is -2.31. The molecule has 2 heterocycles. The van der Waals surface area contributed by atoms with Gasteiger partial charge in [-0.05, 0) is 56.1 Å². The molecule has 0 atom stereocenters. The Morgan fingerprint density at radius 1 is 1.15 bits per heavy atom. The van der Waals surface area contributed by atoms with Crippen LogP contribution >= 0.6 is 0 Å². The number of rotatable bonds is 5. The van der Waals surface area contributed by atoms with E-state index in [4.69, 9.17) is 4.42 Å². The number of carbonyl (C=O) groups excluding carboxylic acids is 2. The zero-order chi connectivity index (χ0) is 19.2. The van der Waals surface area contributed by atoms with Crippen LogP contribution in [0.4, 0.5) is 14.5 Å². The number of hydrogen-bond donors (Lipinski definition) is 2. The number of carbonyl (C=O) groups is 2. The smallest absolute Gasteiger partial charge is 0.313 e. The third-order valence-electron chi connectivity index (χ3n) is 4.60. The molecule has 1 aliphatic rings. The number of halogens is 2. The second kappa shape index (κ2) is 8.77. The summed E-state index contributed by atoms with van der Waals surface area (Å²) in [4.78, 5) is 26.0. The summed E-state index contributed by atoms with van der Waals surface area (Å²) in [5, 5.41) is 4.72. The Morgan fingerprint density at radius 2 is 1.93 bits per heavy atom. The standard InChI is InChI=1S/C19H21F2N3O3/c20-14-3-4-17(16(21)10-14)23-19(26)18(25)22-11-13-5-7-24(8-6-13)12-15-2-1-9-27-15/h1-4,9-10,13H,5-8,11-12H2,(H,22,25)(H,23,26). The summed E-state index contributed by atoms with van der Waals surface area (Å²) in [6.07, 6.45) is 3.45. The van der Waals surface area contributed by atoms with Crippen LogP contribution in [-0.2, 0) is 16.1 Å². The van der Waals surface area contributed by atoms with Gasteiger partial charge in [0.05, 0.1) is 18.5 Å². The lowest BCUT2D eigenvalue weighted by Crippen LogP contribution is -2.41. The number of amides is 2. The van der Waals surface area contributed by atoms with Gasteiger partial charge in [-0.3, -0.25) is 14.5 Å². The SMILES string of the molecule is O=C(NCC1CCN(Cc2ccco2)CC1)C(=O)Nc1ccc(F)cc1F. The van der Waals surface area contributed by atoms with Gasteiger partial charge in [0.25, 0.3) is 0 Å². The molecule has 3 rings (SSSR count). The topological polar surface area (TPSA) is 74.6 Å². The molecule has 144 valence electrons. The average molecular weight is 377 g/mol. The predicted octanol–water partition coefficient (Wildman–Crippen LogP) is 2.52. The lowest BCUT2D eigenvalue weighted by molar-refractivity contribution is -0.136. The molecule has 0 saturated carbocycles. The van der Waals surface area contributed by atoms with E-state index in [1.165, 1.54) is 0 Å². The van der Waals surface area contributed by atoms with Gasteiger partial charge in [0, 0.05) is 12.6 Å². The van der Waals surface area contributed by atoms with Gasteiger partial charge in [0.2, 0.25) is 0 Å². The Bertz CT molecular complexity index is 788. The zero-order valence-electron chi connectivity index (χ0n) is 14.7. The molecule has 2 N–H and O–H groups in total. The summed E-state index contributed by atoms with van der Waals surface area (Å²) in [6.45, 7) is 2.91. The molecule has 0 aliphatic carbocycles.